The minimum absolute atomic E-state index is 0.0700. The van der Waals surface area contributed by atoms with Gasteiger partial charge < -0.3 is 5.32 Å². The summed E-state index contributed by atoms with van der Waals surface area (Å²) in [5.41, 5.74) is 1.05. The van der Waals surface area contributed by atoms with E-state index >= 15 is 0 Å². The van der Waals surface area contributed by atoms with Crippen LogP contribution in [-0.4, -0.2) is 38.3 Å². The quantitative estimate of drug-likeness (QED) is 0.812. The Labute approximate surface area is 118 Å². The van der Waals surface area contributed by atoms with Crippen molar-refractivity contribution in [2.45, 2.75) is 31.3 Å². The molecule has 7 heteroatoms. The van der Waals surface area contributed by atoms with Gasteiger partial charge in [0.05, 0.1) is 6.26 Å². The number of hydrogen-bond acceptors (Lipinski definition) is 4. The van der Waals surface area contributed by atoms with E-state index in [0.29, 0.717) is 5.15 Å². The molecule has 0 bridgehead atoms. The van der Waals surface area contributed by atoms with E-state index < -0.39 is 10.0 Å². The Balaban J connectivity index is 2.05. The highest BCUT2D eigenvalue weighted by atomic mass is 35.5. The van der Waals surface area contributed by atoms with E-state index in [9.17, 15) is 8.42 Å². The standard InChI is InChI=1S/C12H18ClN3O2S/c1-19(17,18)16-10-3-2-6-14-11(10)7-9-4-5-12(13)15-8-9/h4-5,8,10-11,14,16H,2-3,6-7H2,1H3/t10-,11-/m1/s1. The van der Waals surface area contributed by atoms with Crippen LogP contribution in [0.15, 0.2) is 18.3 Å². The molecule has 1 aromatic heterocycles. The van der Waals surface area contributed by atoms with Crippen molar-refractivity contribution in [3.63, 3.8) is 0 Å². The number of piperidine rings is 1. The Hall–Kier alpha value is -0.690. The summed E-state index contributed by atoms with van der Waals surface area (Å²) in [7, 11) is -3.18. The van der Waals surface area contributed by atoms with Gasteiger partial charge in [-0.15, -0.1) is 0 Å². The summed E-state index contributed by atoms with van der Waals surface area (Å²) in [6, 6.07) is 3.69. The second-order valence-electron chi connectivity index (χ2n) is 4.89. The Morgan fingerprint density at radius 2 is 2.32 bits per heavy atom. The number of nitrogens with zero attached hydrogens (tertiary/aromatic N) is 1. The van der Waals surface area contributed by atoms with E-state index in [1.165, 1.54) is 6.26 Å². The second-order valence-corrected chi connectivity index (χ2v) is 7.06. The fourth-order valence-corrected chi connectivity index (χ4v) is 3.31. The van der Waals surface area contributed by atoms with Crippen LogP contribution in [0.5, 0.6) is 0 Å². The molecule has 0 saturated carbocycles. The normalized spacial score (nSPS) is 24.3. The summed E-state index contributed by atoms with van der Waals surface area (Å²) in [6.07, 6.45) is 5.49. The minimum atomic E-state index is -3.18. The summed E-state index contributed by atoms with van der Waals surface area (Å²) in [6.45, 7) is 0.910. The van der Waals surface area contributed by atoms with Gasteiger partial charge in [0, 0.05) is 18.3 Å². The second kappa shape index (κ2) is 6.17. The lowest BCUT2D eigenvalue weighted by molar-refractivity contribution is 0.329. The average molecular weight is 304 g/mol. The summed E-state index contributed by atoms with van der Waals surface area (Å²) >= 11 is 5.75. The van der Waals surface area contributed by atoms with Crippen LogP contribution in [0.2, 0.25) is 5.15 Å². The highest BCUT2D eigenvalue weighted by molar-refractivity contribution is 7.88. The third-order valence-electron chi connectivity index (χ3n) is 3.19. The molecule has 2 heterocycles. The van der Waals surface area contributed by atoms with Crippen molar-refractivity contribution in [1.29, 1.82) is 0 Å². The number of sulfonamides is 1. The predicted molar refractivity (Wildman–Crippen MR) is 75.7 cm³/mol. The first kappa shape index (κ1) is 14.7. The molecule has 1 aliphatic heterocycles. The topological polar surface area (TPSA) is 71.1 Å². The van der Waals surface area contributed by atoms with Crippen LogP contribution >= 0.6 is 11.6 Å². The molecule has 2 atom stereocenters. The molecule has 1 fully saturated rings. The molecule has 5 nitrogen and oxygen atoms in total. The molecule has 0 radical (unpaired) electrons. The first-order chi connectivity index (χ1) is 8.94. The molecule has 2 N–H and O–H groups in total. The maximum atomic E-state index is 11.4. The Morgan fingerprint density at radius 3 is 2.95 bits per heavy atom. The summed E-state index contributed by atoms with van der Waals surface area (Å²) in [4.78, 5) is 4.04. The molecule has 1 aliphatic rings. The summed E-state index contributed by atoms with van der Waals surface area (Å²) < 4.78 is 25.4. The van der Waals surface area contributed by atoms with Gasteiger partial charge in [-0.1, -0.05) is 17.7 Å². The van der Waals surface area contributed by atoms with Gasteiger partial charge in [-0.25, -0.2) is 18.1 Å². The van der Waals surface area contributed by atoms with Gasteiger partial charge in [-0.05, 0) is 37.4 Å². The van der Waals surface area contributed by atoms with E-state index in [-0.39, 0.29) is 12.1 Å². The number of nitrogens with one attached hydrogen (secondary N) is 2. The van der Waals surface area contributed by atoms with Gasteiger partial charge >= 0.3 is 0 Å². The lowest BCUT2D eigenvalue weighted by atomic mass is 9.94. The predicted octanol–water partition coefficient (Wildman–Crippen LogP) is 0.947. The fourth-order valence-electron chi connectivity index (χ4n) is 2.36. The van der Waals surface area contributed by atoms with Crippen LogP contribution in [0.3, 0.4) is 0 Å². The maximum Gasteiger partial charge on any atom is 0.209 e. The third kappa shape index (κ3) is 4.72. The number of hydrogen-bond donors (Lipinski definition) is 2. The van der Waals surface area contributed by atoms with Crippen LogP contribution in [0.25, 0.3) is 0 Å². The number of halogens is 1. The zero-order valence-electron chi connectivity index (χ0n) is 10.8. The zero-order valence-corrected chi connectivity index (χ0v) is 12.3. The van der Waals surface area contributed by atoms with E-state index in [4.69, 9.17) is 11.6 Å². The van der Waals surface area contributed by atoms with Gasteiger partial charge in [-0.3, -0.25) is 0 Å². The smallest absolute Gasteiger partial charge is 0.209 e. The molecular formula is C12H18ClN3O2S. The molecule has 19 heavy (non-hydrogen) atoms. The molecule has 106 valence electrons. The number of pyridine rings is 1. The SMILES string of the molecule is CS(=O)(=O)N[C@@H]1CCCN[C@@H]1Cc1ccc(Cl)nc1. The Bertz CT molecular complexity index is 518. The highest BCUT2D eigenvalue weighted by Crippen LogP contribution is 2.15. The van der Waals surface area contributed by atoms with E-state index in [2.05, 4.69) is 15.0 Å². The molecule has 2 rings (SSSR count). The molecule has 0 amide bonds. The first-order valence-corrected chi connectivity index (χ1v) is 8.52. The average Bonchev–Trinajstić information content (AvgIpc) is 2.33. The third-order valence-corrected chi connectivity index (χ3v) is 4.15. The van der Waals surface area contributed by atoms with Crippen LogP contribution < -0.4 is 10.0 Å². The fraction of sp³-hybridized carbons (Fsp3) is 0.583. The largest absolute Gasteiger partial charge is 0.312 e. The molecular weight excluding hydrogens is 286 g/mol. The monoisotopic (exact) mass is 303 g/mol. The van der Waals surface area contributed by atoms with Crippen molar-refractivity contribution < 1.29 is 8.42 Å². The van der Waals surface area contributed by atoms with Crippen molar-refractivity contribution in [2.75, 3.05) is 12.8 Å². The van der Waals surface area contributed by atoms with Gasteiger partial charge in [0.15, 0.2) is 0 Å². The Morgan fingerprint density at radius 1 is 1.53 bits per heavy atom. The van der Waals surface area contributed by atoms with Crippen LogP contribution in [0.1, 0.15) is 18.4 Å². The number of aromatic nitrogens is 1. The minimum Gasteiger partial charge on any atom is -0.312 e. The lowest BCUT2D eigenvalue weighted by Gasteiger charge is -2.32. The van der Waals surface area contributed by atoms with Crippen LogP contribution in [-0.2, 0) is 16.4 Å². The van der Waals surface area contributed by atoms with Gasteiger partial charge in [-0.2, -0.15) is 0 Å². The van der Waals surface area contributed by atoms with Crippen molar-refractivity contribution in [3.8, 4) is 0 Å². The molecule has 0 aliphatic carbocycles. The molecule has 0 aromatic carbocycles. The summed E-state index contributed by atoms with van der Waals surface area (Å²) in [5.74, 6) is 0. The van der Waals surface area contributed by atoms with Crippen LogP contribution in [0.4, 0.5) is 0 Å². The van der Waals surface area contributed by atoms with E-state index in [1.807, 2.05) is 6.07 Å². The maximum absolute atomic E-state index is 11.4. The van der Waals surface area contributed by atoms with Gasteiger partial charge in [0.1, 0.15) is 5.15 Å². The summed E-state index contributed by atoms with van der Waals surface area (Å²) in [5, 5.41) is 3.83. The van der Waals surface area contributed by atoms with Gasteiger partial charge in [0.2, 0.25) is 10.0 Å². The van der Waals surface area contributed by atoms with Gasteiger partial charge in [0.25, 0.3) is 0 Å². The zero-order chi connectivity index (χ0) is 13.9. The van der Waals surface area contributed by atoms with E-state index in [1.54, 1.807) is 12.3 Å². The first-order valence-electron chi connectivity index (χ1n) is 6.25. The van der Waals surface area contributed by atoms with E-state index in [0.717, 1.165) is 31.4 Å². The lowest BCUT2D eigenvalue weighted by Crippen LogP contribution is -2.54. The van der Waals surface area contributed by atoms with Crippen LogP contribution in [0, 0.1) is 0 Å². The van der Waals surface area contributed by atoms with Crippen molar-refractivity contribution >= 4 is 21.6 Å². The van der Waals surface area contributed by atoms with Crippen molar-refractivity contribution in [2.24, 2.45) is 0 Å². The van der Waals surface area contributed by atoms with Crippen molar-refractivity contribution in [1.82, 2.24) is 15.0 Å². The molecule has 0 spiro atoms. The molecule has 1 aromatic rings. The Kier molecular flexibility index (Phi) is 4.78. The van der Waals surface area contributed by atoms with Crippen molar-refractivity contribution in [3.05, 3.63) is 29.0 Å². The molecule has 0 unspecified atom stereocenters. The number of rotatable bonds is 4. The highest BCUT2D eigenvalue weighted by Gasteiger charge is 2.27. The molecule has 1 saturated heterocycles.